The molecule has 1 unspecified atom stereocenters. The first kappa shape index (κ1) is 15.4. The van der Waals surface area contributed by atoms with Gasteiger partial charge >= 0.3 is 12.1 Å². The summed E-state index contributed by atoms with van der Waals surface area (Å²) in [4.78, 5) is 13.6. The summed E-state index contributed by atoms with van der Waals surface area (Å²) in [6.07, 6.45) is -3.27. The van der Waals surface area contributed by atoms with Gasteiger partial charge in [-0.05, 0) is 19.1 Å². The van der Waals surface area contributed by atoms with Crippen LogP contribution < -0.4 is 4.72 Å². The van der Waals surface area contributed by atoms with Gasteiger partial charge < -0.3 is 5.11 Å². The molecule has 6 nitrogen and oxygen atoms in total. The highest BCUT2D eigenvalue weighted by molar-refractivity contribution is 7.89. The zero-order chi connectivity index (χ0) is 14.9. The zero-order valence-electron chi connectivity index (χ0n) is 9.47. The van der Waals surface area contributed by atoms with Gasteiger partial charge in [0.1, 0.15) is 4.90 Å². The fraction of sp³-hybridized carbons (Fsp3) is 0.333. The Morgan fingerprint density at radius 2 is 2.00 bits per heavy atom. The van der Waals surface area contributed by atoms with Crippen molar-refractivity contribution in [1.29, 1.82) is 0 Å². The molecule has 0 bridgehead atoms. The predicted octanol–water partition coefficient (Wildman–Crippen LogP) is 0.766. The van der Waals surface area contributed by atoms with E-state index in [1.807, 2.05) is 0 Å². The van der Waals surface area contributed by atoms with Crippen molar-refractivity contribution in [2.24, 2.45) is 0 Å². The van der Waals surface area contributed by atoms with Gasteiger partial charge in [0.2, 0.25) is 15.6 Å². The summed E-state index contributed by atoms with van der Waals surface area (Å²) in [6.45, 7) is 0.225. The molecule has 1 aromatic rings. The van der Waals surface area contributed by atoms with E-state index < -0.39 is 32.6 Å². The lowest BCUT2D eigenvalue weighted by molar-refractivity contribution is -0.201. The fourth-order valence-corrected chi connectivity index (χ4v) is 2.37. The SMILES string of the molecule is CC(NS(=O)(=O)c1cccnc1)(C(=O)O)C(F)(F)F. The number of carbonyl (C=O) groups is 1. The molecule has 1 atom stereocenters. The third-order valence-corrected chi connectivity index (χ3v) is 3.82. The van der Waals surface area contributed by atoms with Crippen molar-refractivity contribution in [2.45, 2.75) is 23.5 Å². The molecule has 0 aliphatic rings. The zero-order valence-corrected chi connectivity index (χ0v) is 10.3. The summed E-state index contributed by atoms with van der Waals surface area (Å²) >= 11 is 0. The van der Waals surface area contributed by atoms with Gasteiger partial charge in [-0.15, -0.1) is 0 Å². The van der Waals surface area contributed by atoms with E-state index in [-0.39, 0.29) is 6.92 Å². The molecule has 1 heterocycles. The molecule has 19 heavy (non-hydrogen) atoms. The largest absolute Gasteiger partial charge is 0.480 e. The number of rotatable bonds is 4. The maximum Gasteiger partial charge on any atom is 0.418 e. The number of halogens is 3. The Balaban J connectivity index is 3.23. The molecule has 1 aromatic heterocycles. The Hall–Kier alpha value is -1.68. The number of alkyl halides is 3. The molecule has 0 fully saturated rings. The number of aliphatic carboxylic acids is 1. The summed E-state index contributed by atoms with van der Waals surface area (Å²) in [5, 5.41) is 8.62. The highest BCUT2D eigenvalue weighted by Crippen LogP contribution is 2.31. The van der Waals surface area contributed by atoms with Crippen LogP contribution in [0.1, 0.15) is 6.92 Å². The van der Waals surface area contributed by atoms with E-state index in [0.717, 1.165) is 17.0 Å². The maximum atomic E-state index is 12.7. The monoisotopic (exact) mass is 298 g/mol. The normalized spacial score (nSPS) is 15.8. The number of hydrogen-bond donors (Lipinski definition) is 2. The first-order valence-corrected chi connectivity index (χ1v) is 6.23. The number of nitrogens with one attached hydrogen (secondary N) is 1. The smallest absolute Gasteiger partial charge is 0.418 e. The van der Waals surface area contributed by atoms with Crippen molar-refractivity contribution in [3.63, 3.8) is 0 Å². The Morgan fingerprint density at radius 1 is 1.42 bits per heavy atom. The minimum Gasteiger partial charge on any atom is -0.480 e. The molecule has 0 saturated heterocycles. The van der Waals surface area contributed by atoms with Crippen LogP contribution in [0.15, 0.2) is 29.4 Å². The molecular weight excluding hydrogens is 289 g/mol. The van der Waals surface area contributed by atoms with E-state index in [1.54, 1.807) is 0 Å². The van der Waals surface area contributed by atoms with Crippen molar-refractivity contribution >= 4 is 16.0 Å². The quantitative estimate of drug-likeness (QED) is 0.855. The van der Waals surface area contributed by atoms with Crippen LogP contribution in [0.3, 0.4) is 0 Å². The van der Waals surface area contributed by atoms with Gasteiger partial charge in [0.15, 0.2) is 0 Å². The van der Waals surface area contributed by atoms with Crippen molar-refractivity contribution in [1.82, 2.24) is 9.71 Å². The third-order valence-electron chi connectivity index (χ3n) is 2.28. The number of carboxylic acids is 1. The molecule has 0 radical (unpaired) electrons. The van der Waals surface area contributed by atoms with Gasteiger partial charge in [-0.2, -0.15) is 17.9 Å². The summed E-state index contributed by atoms with van der Waals surface area (Å²) in [6, 6.07) is 2.19. The summed E-state index contributed by atoms with van der Waals surface area (Å²) < 4.78 is 62.5. The van der Waals surface area contributed by atoms with Gasteiger partial charge in [-0.25, -0.2) is 13.2 Å². The lowest BCUT2D eigenvalue weighted by Crippen LogP contribution is -2.61. The van der Waals surface area contributed by atoms with E-state index in [9.17, 15) is 26.4 Å². The minimum atomic E-state index is -5.30. The van der Waals surface area contributed by atoms with Gasteiger partial charge in [0, 0.05) is 12.4 Å². The maximum absolute atomic E-state index is 12.7. The Labute approximate surface area is 106 Å². The van der Waals surface area contributed by atoms with Crippen molar-refractivity contribution in [3.8, 4) is 0 Å². The van der Waals surface area contributed by atoms with Crippen LogP contribution in [0.5, 0.6) is 0 Å². The Bertz CT molecular complexity index is 573. The molecule has 0 saturated carbocycles. The molecule has 10 heteroatoms. The number of carboxylic acid groups (broad SMARTS) is 1. The Kier molecular flexibility index (Phi) is 3.87. The molecular formula is C9H9F3N2O4S. The first-order valence-electron chi connectivity index (χ1n) is 4.75. The fourth-order valence-electron chi connectivity index (χ4n) is 1.06. The van der Waals surface area contributed by atoms with E-state index in [4.69, 9.17) is 5.11 Å². The van der Waals surface area contributed by atoms with Crippen molar-refractivity contribution in [3.05, 3.63) is 24.5 Å². The number of sulfonamides is 1. The first-order chi connectivity index (χ1) is 8.51. The summed E-state index contributed by atoms with van der Waals surface area (Å²) in [5.74, 6) is -2.35. The van der Waals surface area contributed by atoms with Gasteiger partial charge in [-0.1, -0.05) is 0 Å². The number of nitrogens with zero attached hydrogens (tertiary/aromatic N) is 1. The predicted molar refractivity (Wildman–Crippen MR) is 56.7 cm³/mol. The minimum absolute atomic E-state index is 0.225. The van der Waals surface area contributed by atoms with Crippen molar-refractivity contribution < 1.29 is 31.5 Å². The van der Waals surface area contributed by atoms with Crippen LogP contribution in [0.2, 0.25) is 0 Å². The summed E-state index contributed by atoms with van der Waals surface area (Å²) in [7, 11) is -4.66. The van der Waals surface area contributed by atoms with Crippen LogP contribution in [-0.4, -0.2) is 36.2 Å². The third kappa shape index (κ3) is 3.01. The summed E-state index contributed by atoms with van der Waals surface area (Å²) in [5.41, 5.74) is -3.62. The van der Waals surface area contributed by atoms with Crippen molar-refractivity contribution in [2.75, 3.05) is 0 Å². The van der Waals surface area contributed by atoms with Crippen LogP contribution in [0.4, 0.5) is 13.2 Å². The average Bonchev–Trinajstić information content (AvgIpc) is 2.28. The van der Waals surface area contributed by atoms with Crippen LogP contribution in [-0.2, 0) is 14.8 Å². The molecule has 0 amide bonds. The number of hydrogen-bond acceptors (Lipinski definition) is 4. The average molecular weight is 298 g/mol. The lowest BCUT2D eigenvalue weighted by Gasteiger charge is -2.28. The number of pyridine rings is 1. The Morgan fingerprint density at radius 3 is 2.37 bits per heavy atom. The van der Waals surface area contributed by atoms with E-state index in [2.05, 4.69) is 4.98 Å². The highest BCUT2D eigenvalue weighted by atomic mass is 32.2. The molecule has 1 rings (SSSR count). The van der Waals surface area contributed by atoms with Crippen LogP contribution >= 0.6 is 0 Å². The molecule has 0 aliphatic carbocycles. The van der Waals surface area contributed by atoms with E-state index in [1.165, 1.54) is 12.3 Å². The standard InChI is InChI=1S/C9H9F3N2O4S/c1-8(7(15)16,9(10,11)12)14-19(17,18)6-3-2-4-13-5-6/h2-5,14H,1H3,(H,15,16). The molecule has 0 spiro atoms. The van der Waals surface area contributed by atoms with E-state index >= 15 is 0 Å². The lowest BCUT2D eigenvalue weighted by atomic mass is 10.0. The second-order valence-corrected chi connectivity index (χ2v) is 5.40. The molecule has 0 aromatic carbocycles. The van der Waals surface area contributed by atoms with Gasteiger partial charge in [0.25, 0.3) is 0 Å². The van der Waals surface area contributed by atoms with Crippen LogP contribution in [0.25, 0.3) is 0 Å². The molecule has 0 aliphatic heterocycles. The van der Waals surface area contributed by atoms with Gasteiger partial charge in [-0.3, -0.25) is 4.98 Å². The van der Waals surface area contributed by atoms with Gasteiger partial charge in [0.05, 0.1) is 0 Å². The van der Waals surface area contributed by atoms with Crippen LogP contribution in [0, 0.1) is 0 Å². The second kappa shape index (κ2) is 4.78. The molecule has 106 valence electrons. The van der Waals surface area contributed by atoms with E-state index in [0.29, 0.717) is 0 Å². The second-order valence-electron chi connectivity index (χ2n) is 3.72. The topological polar surface area (TPSA) is 96.4 Å². The molecule has 2 N–H and O–H groups in total. The highest BCUT2D eigenvalue weighted by Gasteiger charge is 2.59. The number of aromatic nitrogens is 1.